The minimum Gasteiger partial charge on any atom is -0.386 e. The molecule has 0 saturated carbocycles. The summed E-state index contributed by atoms with van der Waals surface area (Å²) in [5, 5.41) is 8.50. The highest BCUT2D eigenvalue weighted by molar-refractivity contribution is 7.58. The zero-order chi connectivity index (χ0) is 25.0. The first kappa shape index (κ1) is 26.2. The van der Waals surface area contributed by atoms with E-state index in [1.54, 1.807) is 20.8 Å². The van der Waals surface area contributed by atoms with E-state index in [9.17, 15) is 24.0 Å². The average Bonchev–Trinajstić information content (AvgIpc) is 3.21. The highest BCUT2D eigenvalue weighted by Crippen LogP contribution is 2.56. The van der Waals surface area contributed by atoms with Gasteiger partial charge < -0.3 is 34.6 Å². The minimum absolute atomic E-state index is 0.138. The van der Waals surface area contributed by atoms with E-state index < -0.39 is 56.6 Å². The number of aliphatic hydroxyl groups excluding tert-OH is 1. The van der Waals surface area contributed by atoms with Crippen LogP contribution in [0.25, 0.3) is 11.2 Å². The Morgan fingerprint density at radius 1 is 1.18 bits per heavy atom. The van der Waals surface area contributed by atoms with E-state index >= 15 is 0 Å². The van der Waals surface area contributed by atoms with Crippen LogP contribution in [0.3, 0.4) is 0 Å². The van der Waals surface area contributed by atoms with Gasteiger partial charge >= 0.3 is 7.60 Å². The molecule has 1 saturated heterocycles. The molecule has 5 N–H and O–H groups in total. The highest BCUT2D eigenvalue weighted by Gasteiger charge is 2.51. The van der Waals surface area contributed by atoms with Gasteiger partial charge in [-0.1, -0.05) is 0 Å². The SMILES string of the molecule is CC(C)(OC1C(O)[C@H](n2cnc3c(N)ncnc32)O[C@@H]1COP(=O)(O)C(C)(C)C)P(C)(=O)O. The summed E-state index contributed by atoms with van der Waals surface area (Å²) in [6, 6.07) is 0. The fraction of sp³-hybridized carbons (Fsp3) is 0.722. The molecule has 186 valence electrons. The van der Waals surface area contributed by atoms with Gasteiger partial charge in [-0.05, 0) is 34.6 Å². The number of aromatic nitrogens is 4. The number of nitrogen functional groups attached to an aromatic ring is 1. The van der Waals surface area contributed by atoms with Crippen molar-refractivity contribution in [2.75, 3.05) is 19.0 Å². The second-order valence-corrected chi connectivity index (χ2v) is 15.0. The van der Waals surface area contributed by atoms with E-state index in [1.165, 1.54) is 31.1 Å². The summed E-state index contributed by atoms with van der Waals surface area (Å²) >= 11 is 0. The molecular weight excluding hydrogens is 476 g/mol. The Labute approximate surface area is 191 Å². The van der Waals surface area contributed by atoms with E-state index in [0.717, 1.165) is 6.66 Å². The normalized spacial score (nSPS) is 28.0. The molecule has 0 bridgehead atoms. The monoisotopic (exact) mass is 507 g/mol. The Morgan fingerprint density at radius 2 is 1.82 bits per heavy atom. The number of hydrogen-bond acceptors (Lipinski definition) is 10. The molecule has 15 heteroatoms. The maximum Gasteiger partial charge on any atom is 0.333 e. The van der Waals surface area contributed by atoms with E-state index in [0.29, 0.717) is 5.52 Å². The molecule has 2 aromatic heterocycles. The molecule has 1 aliphatic heterocycles. The van der Waals surface area contributed by atoms with Crippen LogP contribution in [-0.4, -0.2) is 76.5 Å². The van der Waals surface area contributed by atoms with Crippen LogP contribution in [0.5, 0.6) is 0 Å². The van der Waals surface area contributed by atoms with Gasteiger partial charge in [-0.2, -0.15) is 0 Å². The van der Waals surface area contributed by atoms with E-state index in [-0.39, 0.29) is 11.5 Å². The van der Waals surface area contributed by atoms with Crippen LogP contribution in [0.2, 0.25) is 0 Å². The van der Waals surface area contributed by atoms with Crippen molar-refractivity contribution in [1.82, 2.24) is 19.5 Å². The van der Waals surface area contributed by atoms with Crippen molar-refractivity contribution in [1.29, 1.82) is 0 Å². The molecule has 0 amide bonds. The van der Waals surface area contributed by atoms with Gasteiger partial charge in [0.15, 0.2) is 17.7 Å². The third kappa shape index (κ3) is 5.01. The van der Waals surface area contributed by atoms with Crippen molar-refractivity contribution in [2.24, 2.45) is 0 Å². The fourth-order valence-electron chi connectivity index (χ4n) is 3.08. The lowest BCUT2D eigenvalue weighted by Crippen LogP contribution is -2.42. The third-order valence-electron chi connectivity index (χ3n) is 5.66. The van der Waals surface area contributed by atoms with Crippen molar-refractivity contribution in [3.8, 4) is 0 Å². The molecule has 2 aromatic rings. The zero-order valence-corrected chi connectivity index (χ0v) is 21.1. The third-order valence-corrected chi connectivity index (χ3v) is 9.95. The van der Waals surface area contributed by atoms with Crippen LogP contribution in [0.1, 0.15) is 40.8 Å². The topological polar surface area (TPSA) is 192 Å². The molecule has 6 atom stereocenters. The maximum atomic E-state index is 12.6. The first-order chi connectivity index (χ1) is 15.0. The summed E-state index contributed by atoms with van der Waals surface area (Å²) in [7, 11) is -7.83. The Balaban J connectivity index is 1.95. The summed E-state index contributed by atoms with van der Waals surface area (Å²) in [4.78, 5) is 32.6. The maximum absolute atomic E-state index is 12.6. The molecule has 0 radical (unpaired) electrons. The molecule has 0 spiro atoms. The molecule has 3 rings (SSSR count). The Morgan fingerprint density at radius 3 is 2.39 bits per heavy atom. The molecular formula is C18H31N5O8P2. The zero-order valence-electron chi connectivity index (χ0n) is 19.3. The van der Waals surface area contributed by atoms with Crippen LogP contribution in [0.15, 0.2) is 12.7 Å². The molecule has 0 aliphatic carbocycles. The molecule has 1 fully saturated rings. The molecule has 3 heterocycles. The van der Waals surface area contributed by atoms with Gasteiger partial charge in [-0.3, -0.25) is 13.7 Å². The van der Waals surface area contributed by atoms with Crippen LogP contribution >= 0.6 is 15.0 Å². The quantitative estimate of drug-likeness (QED) is 0.397. The van der Waals surface area contributed by atoms with Crippen molar-refractivity contribution >= 4 is 31.9 Å². The van der Waals surface area contributed by atoms with Gasteiger partial charge in [0, 0.05) is 6.66 Å². The fourth-order valence-corrected chi connectivity index (χ4v) is 4.14. The van der Waals surface area contributed by atoms with Crippen LogP contribution < -0.4 is 5.73 Å². The Kier molecular flexibility index (Phi) is 6.87. The van der Waals surface area contributed by atoms with Gasteiger partial charge in [0.25, 0.3) is 0 Å². The lowest BCUT2D eigenvalue weighted by Gasteiger charge is -2.34. The highest BCUT2D eigenvalue weighted by atomic mass is 31.2. The number of aliphatic hydroxyl groups is 1. The Hall–Kier alpha value is -1.43. The van der Waals surface area contributed by atoms with Gasteiger partial charge in [-0.15, -0.1) is 0 Å². The van der Waals surface area contributed by atoms with Crippen molar-refractivity contribution < 1.29 is 38.0 Å². The first-order valence-electron chi connectivity index (χ1n) is 10.2. The van der Waals surface area contributed by atoms with Gasteiger partial charge in [0.1, 0.15) is 35.5 Å². The van der Waals surface area contributed by atoms with Gasteiger partial charge in [0.2, 0.25) is 7.37 Å². The van der Waals surface area contributed by atoms with Crippen molar-refractivity contribution in [3.05, 3.63) is 12.7 Å². The lowest BCUT2D eigenvalue weighted by molar-refractivity contribution is -0.0960. The molecule has 4 unspecified atom stereocenters. The number of ether oxygens (including phenoxy) is 2. The van der Waals surface area contributed by atoms with E-state index in [4.69, 9.17) is 19.7 Å². The number of anilines is 1. The number of fused-ring (bicyclic) bond motifs is 1. The molecule has 13 nitrogen and oxygen atoms in total. The summed E-state index contributed by atoms with van der Waals surface area (Å²) in [6.45, 7) is 8.22. The number of hydrogen-bond donors (Lipinski definition) is 4. The molecule has 33 heavy (non-hydrogen) atoms. The number of rotatable bonds is 7. The lowest BCUT2D eigenvalue weighted by atomic mass is 10.1. The predicted molar refractivity (Wildman–Crippen MR) is 120 cm³/mol. The molecule has 0 aromatic carbocycles. The second kappa shape index (κ2) is 8.66. The van der Waals surface area contributed by atoms with Crippen LogP contribution in [0.4, 0.5) is 5.82 Å². The van der Waals surface area contributed by atoms with Crippen LogP contribution in [0, 0.1) is 0 Å². The first-order valence-corrected chi connectivity index (χ1v) is 13.9. The number of nitrogens with two attached hydrogens (primary N) is 1. The standard InChI is InChI=1S/C18H31N5O8P2/c1-17(2,3)33(27,28)29-7-10-13(31-18(4,5)32(6,25)26)12(24)16(30-10)23-9-22-11-14(19)20-8-21-15(11)23/h8-10,12-13,16,24H,7H2,1-6H3,(H,25,26)(H,27,28)(H2,19,20,21)/t10-,12?,13?,16-/m1/s1. The summed E-state index contributed by atoms with van der Waals surface area (Å²) in [5.41, 5.74) is 6.42. The summed E-state index contributed by atoms with van der Waals surface area (Å²) in [5.74, 6) is 0.138. The van der Waals surface area contributed by atoms with Crippen molar-refractivity contribution in [3.63, 3.8) is 0 Å². The molecule has 1 aliphatic rings. The average molecular weight is 507 g/mol. The number of nitrogens with zero attached hydrogens (tertiary/aromatic N) is 4. The number of imidazole rings is 1. The smallest absolute Gasteiger partial charge is 0.333 e. The summed E-state index contributed by atoms with van der Waals surface area (Å²) < 4.78 is 43.5. The second-order valence-electron chi connectivity index (χ2n) is 9.53. The minimum atomic E-state index is -4.06. The van der Waals surface area contributed by atoms with Gasteiger partial charge in [-0.25, -0.2) is 15.0 Å². The Bertz CT molecular complexity index is 1110. The van der Waals surface area contributed by atoms with E-state index in [2.05, 4.69) is 15.0 Å². The van der Waals surface area contributed by atoms with Crippen molar-refractivity contribution in [2.45, 2.75) is 69.7 Å². The van der Waals surface area contributed by atoms with E-state index in [1.807, 2.05) is 0 Å². The summed E-state index contributed by atoms with van der Waals surface area (Å²) in [6.07, 6.45) is -2.11. The predicted octanol–water partition coefficient (Wildman–Crippen LogP) is 1.69. The van der Waals surface area contributed by atoms with Gasteiger partial charge in [0.05, 0.1) is 18.1 Å². The van der Waals surface area contributed by atoms with Crippen LogP contribution in [-0.2, 0) is 23.1 Å². The largest absolute Gasteiger partial charge is 0.386 e.